The maximum atomic E-state index is 13.2. The molecule has 0 amide bonds. The molecule has 0 aromatic heterocycles. The fraction of sp³-hybridized carbons (Fsp3) is 0.947. The van der Waals surface area contributed by atoms with Crippen LogP contribution in [0.4, 0.5) is 0 Å². The minimum Gasteiger partial charge on any atom is -0.517 e. The molecule has 4 unspecified atom stereocenters. The van der Waals surface area contributed by atoms with Crippen molar-refractivity contribution in [3.05, 3.63) is 0 Å². The molecule has 5 heteroatoms. The van der Waals surface area contributed by atoms with Crippen molar-refractivity contribution in [2.75, 3.05) is 0 Å². The Morgan fingerprint density at radius 3 is 2.38 bits per heavy atom. The zero-order chi connectivity index (χ0) is 18.3. The monoisotopic (exact) mass is 367 g/mol. The summed E-state index contributed by atoms with van der Waals surface area (Å²) in [6, 6.07) is 0. The summed E-state index contributed by atoms with van der Waals surface area (Å²) >= 11 is 0. The Balaban J connectivity index is 2.05. The lowest BCUT2D eigenvalue weighted by Crippen LogP contribution is -2.41. The number of rotatable bonds is 5. The average Bonchev–Trinajstić information content (AvgIpc) is 3.01. The van der Waals surface area contributed by atoms with Crippen LogP contribution in [0, 0.1) is 16.7 Å². The van der Waals surface area contributed by atoms with Crippen LogP contribution in [-0.4, -0.2) is 30.4 Å². The van der Waals surface area contributed by atoms with Crippen LogP contribution in [-0.2, 0) is 13.6 Å². The van der Waals surface area contributed by atoms with Crippen molar-refractivity contribution in [1.29, 1.82) is 0 Å². The highest BCUT2D eigenvalue weighted by Crippen LogP contribution is 2.61. The van der Waals surface area contributed by atoms with Gasteiger partial charge in [0.25, 0.3) is 15.0 Å². The van der Waals surface area contributed by atoms with Gasteiger partial charge in [-0.3, -0.25) is 4.79 Å². The predicted molar refractivity (Wildman–Crippen MR) is 101 cm³/mol. The van der Waals surface area contributed by atoms with Gasteiger partial charge in [-0.25, -0.2) is 0 Å². The smallest absolute Gasteiger partial charge is 0.298 e. The highest BCUT2D eigenvalue weighted by Gasteiger charge is 2.58. The van der Waals surface area contributed by atoms with Crippen LogP contribution in [0.5, 0.6) is 0 Å². The molecule has 2 bridgehead atoms. The molecule has 2 saturated carbocycles. The molecule has 24 heavy (non-hydrogen) atoms. The average molecular weight is 368 g/mol. The lowest BCUT2D eigenvalue weighted by molar-refractivity contribution is -0.146. The Hall–Kier alpha value is -0.136. The first kappa shape index (κ1) is 20.2. The Bertz CT molecular complexity index is 466. The minimum absolute atomic E-state index is 0.0880. The molecule has 0 N–H and O–H groups in total. The molecular weight excluding hydrogens is 332 g/mol. The summed E-state index contributed by atoms with van der Waals surface area (Å²) < 4.78 is 12.2. The number of hydrogen-bond donors (Lipinski definition) is 0. The van der Waals surface area contributed by atoms with Gasteiger partial charge in [0, 0.05) is 5.60 Å². The Labute approximate surface area is 152 Å². The molecule has 2 fully saturated rings. The van der Waals surface area contributed by atoms with Gasteiger partial charge >= 0.3 is 0 Å². The molecule has 2 rings (SSSR count). The van der Waals surface area contributed by atoms with Crippen molar-refractivity contribution in [2.24, 2.45) is 16.7 Å². The Kier molecular flexibility index (Phi) is 5.78. The molecule has 137 valence electrons. The lowest BCUT2D eigenvalue weighted by Gasteiger charge is -2.36. The second-order valence-corrected chi connectivity index (χ2v) is 13.4. The van der Waals surface area contributed by atoms with Crippen LogP contribution in [0.1, 0.15) is 74.1 Å². The van der Waals surface area contributed by atoms with Crippen LogP contribution in [0.3, 0.4) is 0 Å². The quantitative estimate of drug-likeness (QED) is 0.641. The summed E-state index contributed by atoms with van der Waals surface area (Å²) in [7, 11) is -0.733. The van der Waals surface area contributed by atoms with Gasteiger partial charge in [0.05, 0.1) is 5.41 Å². The van der Waals surface area contributed by atoms with E-state index in [-0.39, 0.29) is 22.4 Å². The fourth-order valence-electron chi connectivity index (χ4n) is 3.94. The third kappa shape index (κ3) is 4.33. The minimum atomic E-state index is -1.14. The van der Waals surface area contributed by atoms with E-state index < -0.39 is 9.04 Å². The summed E-state index contributed by atoms with van der Waals surface area (Å²) in [5, 5.41) is 0. The first-order valence-corrected chi connectivity index (χ1v) is 12.3. The zero-order valence-corrected chi connectivity index (χ0v) is 18.8. The van der Waals surface area contributed by atoms with Gasteiger partial charge < -0.3 is 8.85 Å². The van der Waals surface area contributed by atoms with E-state index in [1.165, 1.54) is 6.42 Å². The fourth-order valence-corrected chi connectivity index (χ4v) is 7.36. The number of carbonyl (C=O) groups is 1. The van der Waals surface area contributed by atoms with Crippen LogP contribution >= 0.6 is 0 Å². The summed E-state index contributed by atoms with van der Waals surface area (Å²) in [5.74, 6) is 0.788. The van der Waals surface area contributed by atoms with Gasteiger partial charge in [0.1, 0.15) is 0 Å². The van der Waals surface area contributed by atoms with Crippen molar-refractivity contribution >= 4 is 24.8 Å². The largest absolute Gasteiger partial charge is 0.517 e. The molecule has 3 radical (unpaired) electrons. The van der Waals surface area contributed by atoms with E-state index >= 15 is 0 Å². The molecule has 2 aliphatic rings. The molecule has 0 aromatic rings. The summed E-state index contributed by atoms with van der Waals surface area (Å²) in [4.78, 5) is 13.2. The van der Waals surface area contributed by atoms with Crippen molar-refractivity contribution < 1.29 is 13.6 Å². The number of fused-ring (bicyclic) bond motifs is 2. The van der Waals surface area contributed by atoms with E-state index in [2.05, 4.69) is 55.0 Å². The van der Waals surface area contributed by atoms with Crippen molar-refractivity contribution in [2.45, 2.75) is 97.4 Å². The maximum absolute atomic E-state index is 13.2. The molecule has 0 heterocycles. The van der Waals surface area contributed by atoms with Gasteiger partial charge in [-0.2, -0.15) is 0 Å². The van der Waals surface area contributed by atoms with E-state index in [9.17, 15) is 4.79 Å². The van der Waals surface area contributed by atoms with E-state index in [1.54, 1.807) is 0 Å². The maximum Gasteiger partial charge on any atom is 0.298 e. The van der Waals surface area contributed by atoms with Crippen LogP contribution in [0.15, 0.2) is 0 Å². The Morgan fingerprint density at radius 2 is 1.88 bits per heavy atom. The molecule has 2 aliphatic carbocycles. The van der Waals surface area contributed by atoms with Gasteiger partial charge in [0.15, 0.2) is 0 Å². The highest BCUT2D eigenvalue weighted by atomic mass is 28.3. The van der Waals surface area contributed by atoms with E-state index in [0.717, 1.165) is 19.3 Å². The van der Waals surface area contributed by atoms with Gasteiger partial charge in [0.2, 0.25) is 9.76 Å². The second kappa shape index (κ2) is 6.88. The molecular formula is C19H35O3Si2. The second-order valence-electron chi connectivity index (χ2n) is 9.97. The Morgan fingerprint density at radius 1 is 1.25 bits per heavy atom. The summed E-state index contributed by atoms with van der Waals surface area (Å²) in [6.07, 6.45) is 4.35. The zero-order valence-electron chi connectivity index (χ0n) is 16.8. The normalized spacial score (nSPS) is 31.5. The van der Waals surface area contributed by atoms with Crippen LogP contribution in [0.2, 0.25) is 17.6 Å². The molecule has 0 aliphatic heterocycles. The first-order chi connectivity index (χ1) is 10.8. The third-order valence-electron chi connectivity index (χ3n) is 5.96. The van der Waals surface area contributed by atoms with Gasteiger partial charge in [-0.1, -0.05) is 27.7 Å². The standard InChI is InChI=1S/C19H35O3Si2/c1-13(17(2,3)4)24(8)21-16(20)19-10-9-14(12-19)11-15(19)23-22-18(5,6)7/h13-15H,9-12H2,1-8H3. The predicted octanol–water partition coefficient (Wildman–Crippen LogP) is 5.00. The van der Waals surface area contributed by atoms with Crippen molar-refractivity contribution in [3.63, 3.8) is 0 Å². The summed E-state index contributed by atoms with van der Waals surface area (Å²) in [5.41, 5.74) is 0.602. The lowest BCUT2D eigenvalue weighted by atomic mass is 9.84. The van der Waals surface area contributed by atoms with Crippen molar-refractivity contribution in [1.82, 2.24) is 0 Å². The van der Waals surface area contributed by atoms with E-state index in [4.69, 9.17) is 8.85 Å². The topological polar surface area (TPSA) is 35.5 Å². The molecule has 0 aromatic carbocycles. The molecule has 0 spiro atoms. The number of hydrogen-bond acceptors (Lipinski definition) is 3. The molecule has 4 atom stereocenters. The van der Waals surface area contributed by atoms with Gasteiger partial charge in [-0.15, -0.1) is 0 Å². The van der Waals surface area contributed by atoms with E-state index in [1.807, 2.05) is 0 Å². The first-order valence-electron chi connectivity index (χ1n) is 9.34. The van der Waals surface area contributed by atoms with Crippen LogP contribution < -0.4 is 0 Å². The van der Waals surface area contributed by atoms with E-state index in [0.29, 0.717) is 26.8 Å². The molecule has 0 saturated heterocycles. The van der Waals surface area contributed by atoms with Crippen molar-refractivity contribution in [3.8, 4) is 0 Å². The highest BCUT2D eigenvalue weighted by molar-refractivity contribution is 6.54. The SMILES string of the molecule is CC([Si](C)OC(=O)C12CCC(CC1[Si]OC(C)(C)C)C2)C(C)(C)C. The number of carbonyl (C=O) groups excluding carboxylic acids is 1. The third-order valence-corrected chi connectivity index (χ3v) is 10.4. The summed E-state index contributed by atoms with van der Waals surface area (Å²) in [6.45, 7) is 17.4. The molecule has 3 nitrogen and oxygen atoms in total. The van der Waals surface area contributed by atoms with Crippen LogP contribution in [0.25, 0.3) is 0 Å². The van der Waals surface area contributed by atoms with Gasteiger partial charge in [-0.05, 0) is 75.4 Å².